The van der Waals surface area contributed by atoms with Crippen LogP contribution in [0.25, 0.3) is 0 Å². The zero-order valence-electron chi connectivity index (χ0n) is 36.9. The molecule has 0 bridgehead atoms. The van der Waals surface area contributed by atoms with Crippen molar-refractivity contribution >= 4 is 29.8 Å². The highest BCUT2D eigenvalue weighted by Crippen LogP contribution is 2.16. The summed E-state index contributed by atoms with van der Waals surface area (Å²) >= 11 is 0. The fraction of sp³-hybridized carbons (Fsp3) is 0.841. The maximum absolute atomic E-state index is 12.7. The Labute approximate surface area is 344 Å². The number of allylic oxidation sites excluding steroid dienone is 1. The summed E-state index contributed by atoms with van der Waals surface area (Å²) in [6.07, 6.45) is 21.4. The average Bonchev–Trinajstić information content (AvgIpc) is 3.13. The van der Waals surface area contributed by atoms with E-state index in [-0.39, 0.29) is 56.1 Å². The largest absolute Gasteiger partial charge is 0.466 e. The van der Waals surface area contributed by atoms with Crippen molar-refractivity contribution in [1.29, 1.82) is 0 Å². The zero-order chi connectivity index (χ0) is 42.8. The number of carbonyl (C=O) groups excluding carboxylic acids is 5. The van der Waals surface area contributed by atoms with Crippen molar-refractivity contribution in [2.45, 2.75) is 181 Å². The van der Waals surface area contributed by atoms with Crippen LogP contribution >= 0.6 is 0 Å². The van der Waals surface area contributed by atoms with Crippen LogP contribution in [0.5, 0.6) is 0 Å². The van der Waals surface area contributed by atoms with Gasteiger partial charge in [0.05, 0.1) is 40.0 Å². The molecule has 0 radical (unpaired) electrons. The van der Waals surface area contributed by atoms with Crippen LogP contribution in [0.1, 0.15) is 163 Å². The molecule has 2 unspecified atom stereocenters. The zero-order valence-corrected chi connectivity index (χ0v) is 36.9. The van der Waals surface area contributed by atoms with Crippen LogP contribution in [0, 0.1) is 0 Å². The second-order valence-corrected chi connectivity index (χ2v) is 16.5. The van der Waals surface area contributed by atoms with E-state index >= 15 is 0 Å². The fourth-order valence-corrected chi connectivity index (χ4v) is 5.97. The van der Waals surface area contributed by atoms with Crippen molar-refractivity contribution in [2.24, 2.45) is 0 Å². The molecule has 0 fully saturated rings. The number of hydrogen-bond acceptors (Lipinski definition) is 12. The predicted octanol–water partition coefficient (Wildman–Crippen LogP) is 7.29. The van der Waals surface area contributed by atoms with Crippen LogP contribution in [-0.2, 0) is 47.7 Å². The quantitative estimate of drug-likeness (QED) is 0.0212. The summed E-state index contributed by atoms with van der Waals surface area (Å²) in [6.45, 7) is 10.6. The van der Waals surface area contributed by atoms with Crippen LogP contribution in [0.3, 0.4) is 0 Å². The topological polar surface area (TPSA) is 164 Å². The van der Waals surface area contributed by atoms with Crippen molar-refractivity contribution in [3.63, 3.8) is 0 Å². The Hall–Kier alpha value is -3.03. The number of hydrogen-bond donors (Lipinski definition) is 2. The lowest BCUT2D eigenvalue weighted by atomic mass is 10.0. The van der Waals surface area contributed by atoms with E-state index < -0.39 is 17.7 Å². The van der Waals surface area contributed by atoms with Gasteiger partial charge in [0, 0.05) is 25.8 Å². The SMILES string of the molecule is CCCCCC(OC(=O)C[N+](C)(C)CCOC(C)=O)C(O)CC=CCCCCCCCC(=O)OCCCCCCCCCCOC(=O)CNC(C)(C)COC(C)=O. The minimum absolute atomic E-state index is 0.0764. The predicted molar refractivity (Wildman–Crippen MR) is 222 cm³/mol. The third-order valence-electron chi connectivity index (χ3n) is 9.57. The molecule has 0 heterocycles. The molecule has 13 heteroatoms. The molecule has 0 aliphatic rings. The van der Waals surface area contributed by atoms with Gasteiger partial charge in [-0.2, -0.15) is 0 Å². The highest BCUT2D eigenvalue weighted by atomic mass is 16.6. The minimum Gasteiger partial charge on any atom is -0.466 e. The van der Waals surface area contributed by atoms with Crippen LogP contribution in [0.4, 0.5) is 0 Å². The summed E-state index contributed by atoms with van der Waals surface area (Å²) < 4.78 is 26.8. The maximum atomic E-state index is 12.7. The van der Waals surface area contributed by atoms with Gasteiger partial charge in [-0.25, -0.2) is 4.79 Å². The summed E-state index contributed by atoms with van der Waals surface area (Å²) in [6, 6.07) is 0. The van der Waals surface area contributed by atoms with E-state index in [1.54, 1.807) is 0 Å². The molecule has 0 saturated heterocycles. The third kappa shape index (κ3) is 35.8. The lowest BCUT2D eigenvalue weighted by Gasteiger charge is -2.30. The van der Waals surface area contributed by atoms with Gasteiger partial charge in [0.15, 0.2) is 6.54 Å². The first-order valence-electron chi connectivity index (χ1n) is 21.7. The molecule has 0 aliphatic heterocycles. The van der Waals surface area contributed by atoms with Gasteiger partial charge in [0.1, 0.15) is 25.9 Å². The van der Waals surface area contributed by atoms with Crippen LogP contribution in [0.2, 0.25) is 0 Å². The molecule has 332 valence electrons. The van der Waals surface area contributed by atoms with Gasteiger partial charge < -0.3 is 33.3 Å². The van der Waals surface area contributed by atoms with Gasteiger partial charge in [0.25, 0.3) is 0 Å². The average molecular weight is 814 g/mol. The van der Waals surface area contributed by atoms with Crippen molar-refractivity contribution in [3.05, 3.63) is 12.2 Å². The molecule has 2 atom stereocenters. The molecule has 0 saturated carbocycles. The van der Waals surface area contributed by atoms with E-state index in [0.717, 1.165) is 109 Å². The van der Waals surface area contributed by atoms with Gasteiger partial charge in [-0.3, -0.25) is 24.5 Å². The Balaban J connectivity index is 3.87. The van der Waals surface area contributed by atoms with E-state index in [0.29, 0.717) is 43.5 Å². The fourth-order valence-electron chi connectivity index (χ4n) is 5.97. The number of carbonyl (C=O) groups is 5. The first-order chi connectivity index (χ1) is 27.1. The maximum Gasteiger partial charge on any atom is 0.362 e. The molecule has 2 N–H and O–H groups in total. The second kappa shape index (κ2) is 33.9. The first-order valence-corrected chi connectivity index (χ1v) is 21.7. The monoisotopic (exact) mass is 814 g/mol. The molecule has 0 spiro atoms. The normalized spacial score (nSPS) is 12.9. The number of likely N-dealkylation sites (N-methyl/N-ethyl adjacent to an activating group) is 1. The second-order valence-electron chi connectivity index (χ2n) is 16.5. The molecule has 0 amide bonds. The number of aliphatic hydroxyl groups is 1. The number of nitrogens with zero attached hydrogens (tertiary/aromatic N) is 1. The summed E-state index contributed by atoms with van der Waals surface area (Å²) in [5.41, 5.74) is -0.499. The number of nitrogens with one attached hydrogen (secondary N) is 1. The van der Waals surface area contributed by atoms with Crippen molar-refractivity contribution in [3.8, 4) is 0 Å². The molecular weight excluding hydrogens is 732 g/mol. The minimum atomic E-state index is -0.761. The highest BCUT2D eigenvalue weighted by molar-refractivity contribution is 5.72. The molecule has 57 heavy (non-hydrogen) atoms. The van der Waals surface area contributed by atoms with E-state index in [4.69, 9.17) is 23.7 Å². The van der Waals surface area contributed by atoms with Gasteiger partial charge in [-0.05, 0) is 65.2 Å². The molecule has 0 aromatic rings. The van der Waals surface area contributed by atoms with Crippen LogP contribution < -0.4 is 5.32 Å². The van der Waals surface area contributed by atoms with Gasteiger partial charge in [-0.15, -0.1) is 0 Å². The number of unbranched alkanes of at least 4 members (excludes halogenated alkanes) is 14. The van der Waals surface area contributed by atoms with Gasteiger partial charge in [-0.1, -0.05) is 89.7 Å². The lowest BCUT2D eigenvalue weighted by molar-refractivity contribution is -0.883. The molecule has 0 aliphatic carbocycles. The summed E-state index contributed by atoms with van der Waals surface area (Å²) in [7, 11) is 3.77. The number of quaternary nitrogens is 1. The van der Waals surface area contributed by atoms with Gasteiger partial charge >= 0.3 is 29.8 Å². The number of aliphatic hydroxyl groups excluding tert-OH is 1. The Kier molecular flexibility index (Phi) is 32.1. The van der Waals surface area contributed by atoms with Gasteiger partial charge in [0.2, 0.25) is 0 Å². The van der Waals surface area contributed by atoms with E-state index in [9.17, 15) is 29.1 Å². The van der Waals surface area contributed by atoms with Crippen molar-refractivity contribution in [1.82, 2.24) is 5.32 Å². The Morgan fingerprint density at radius 2 is 1.23 bits per heavy atom. The first kappa shape index (κ1) is 54.0. The third-order valence-corrected chi connectivity index (χ3v) is 9.57. The van der Waals surface area contributed by atoms with E-state index in [2.05, 4.69) is 18.3 Å². The molecule has 13 nitrogen and oxygen atoms in total. The highest BCUT2D eigenvalue weighted by Gasteiger charge is 2.27. The number of ether oxygens (including phenoxy) is 5. The summed E-state index contributed by atoms with van der Waals surface area (Å²) in [5.74, 6) is -1.48. The summed E-state index contributed by atoms with van der Waals surface area (Å²) in [4.78, 5) is 58.8. The number of rotatable bonds is 37. The molecule has 0 aromatic heterocycles. The Morgan fingerprint density at radius 3 is 1.82 bits per heavy atom. The number of esters is 5. The van der Waals surface area contributed by atoms with E-state index in [1.165, 1.54) is 13.8 Å². The smallest absolute Gasteiger partial charge is 0.362 e. The molecular formula is C44H81N2O11+. The van der Waals surface area contributed by atoms with E-state index in [1.807, 2.05) is 34.0 Å². The molecule has 0 rings (SSSR count). The lowest BCUT2D eigenvalue weighted by Crippen LogP contribution is -2.47. The Bertz CT molecular complexity index is 1130. The molecule has 0 aromatic carbocycles. The van der Waals surface area contributed by atoms with Crippen molar-refractivity contribution < 1.29 is 57.2 Å². The standard InChI is InChI=1S/C44H81N2O11/c1-8-9-22-28-40(57-43(52)35-46(6,7)30-33-53-37(2)47)39(49)27-23-18-14-10-11-15-19-24-29-41(50)54-31-25-20-16-12-13-17-21-26-32-55-42(51)34-45-44(4,5)36-56-38(3)48/h18,23,39-40,45,49H,8-17,19-22,24-36H2,1-7H3/q+1. The van der Waals surface area contributed by atoms with Crippen LogP contribution in [0.15, 0.2) is 12.2 Å². The van der Waals surface area contributed by atoms with Crippen molar-refractivity contribution in [2.75, 3.05) is 60.2 Å². The van der Waals surface area contributed by atoms with Crippen LogP contribution in [-0.4, -0.2) is 117 Å². The Morgan fingerprint density at radius 1 is 0.667 bits per heavy atom. The summed E-state index contributed by atoms with van der Waals surface area (Å²) in [5, 5.41) is 13.9.